The van der Waals surface area contributed by atoms with Gasteiger partial charge in [-0.05, 0) is 6.08 Å². The van der Waals surface area contributed by atoms with E-state index < -0.39 is 0 Å². The zero-order valence-electron chi connectivity index (χ0n) is 4.71. The molecule has 0 unspecified atom stereocenters. The standard InChI is InChI=1S/C6H5ClN2/c1-2-6-5(7)3-8-4-9-6/h2-4H,1H2. The van der Waals surface area contributed by atoms with Crippen LogP contribution in [0.1, 0.15) is 5.69 Å². The zero-order valence-corrected chi connectivity index (χ0v) is 5.47. The van der Waals surface area contributed by atoms with Crippen LogP contribution in [0.5, 0.6) is 0 Å². The lowest BCUT2D eigenvalue weighted by Crippen LogP contribution is -1.81. The lowest BCUT2D eigenvalue weighted by Gasteiger charge is -1.90. The van der Waals surface area contributed by atoms with Gasteiger partial charge in [-0.2, -0.15) is 0 Å². The van der Waals surface area contributed by atoms with Crippen molar-refractivity contribution in [3.8, 4) is 0 Å². The summed E-state index contributed by atoms with van der Waals surface area (Å²) < 4.78 is 0. The van der Waals surface area contributed by atoms with Gasteiger partial charge in [-0.15, -0.1) is 0 Å². The van der Waals surface area contributed by atoms with E-state index in [1.165, 1.54) is 12.5 Å². The summed E-state index contributed by atoms with van der Waals surface area (Å²) in [6.45, 7) is 3.52. The molecule has 0 aliphatic heterocycles. The maximum atomic E-state index is 5.63. The molecule has 0 spiro atoms. The van der Waals surface area contributed by atoms with Crippen molar-refractivity contribution in [2.45, 2.75) is 0 Å². The lowest BCUT2D eigenvalue weighted by atomic mass is 10.4. The third-order valence-electron chi connectivity index (χ3n) is 0.889. The highest BCUT2D eigenvalue weighted by atomic mass is 35.5. The minimum atomic E-state index is 0.535. The first kappa shape index (κ1) is 6.23. The Labute approximate surface area is 58.2 Å². The van der Waals surface area contributed by atoms with Gasteiger partial charge in [-0.3, -0.25) is 0 Å². The number of hydrogen-bond donors (Lipinski definition) is 0. The van der Waals surface area contributed by atoms with E-state index in [4.69, 9.17) is 11.6 Å². The van der Waals surface area contributed by atoms with Crippen LogP contribution < -0.4 is 0 Å². The van der Waals surface area contributed by atoms with Crippen LogP contribution in [0.4, 0.5) is 0 Å². The fourth-order valence-corrected chi connectivity index (χ4v) is 0.655. The molecule has 1 aromatic heterocycles. The van der Waals surface area contributed by atoms with Crippen molar-refractivity contribution in [3.63, 3.8) is 0 Å². The SMILES string of the molecule is C=Cc1ncncc1Cl. The van der Waals surface area contributed by atoms with Crippen molar-refractivity contribution in [3.05, 3.63) is 29.8 Å². The summed E-state index contributed by atoms with van der Waals surface area (Å²) in [6, 6.07) is 0. The summed E-state index contributed by atoms with van der Waals surface area (Å²) in [5, 5.41) is 0.535. The van der Waals surface area contributed by atoms with Crippen molar-refractivity contribution in [1.82, 2.24) is 9.97 Å². The molecule has 0 N–H and O–H groups in total. The molecule has 0 atom stereocenters. The van der Waals surface area contributed by atoms with E-state index in [0.717, 1.165) is 0 Å². The van der Waals surface area contributed by atoms with Crippen molar-refractivity contribution in [2.75, 3.05) is 0 Å². The molecule has 9 heavy (non-hydrogen) atoms. The number of aromatic nitrogens is 2. The average molecular weight is 141 g/mol. The molecule has 0 amide bonds. The van der Waals surface area contributed by atoms with Gasteiger partial charge < -0.3 is 0 Å². The molecular formula is C6H5ClN2. The van der Waals surface area contributed by atoms with E-state index in [2.05, 4.69) is 16.5 Å². The summed E-state index contributed by atoms with van der Waals surface area (Å²) in [6.07, 6.45) is 4.55. The Balaban J connectivity index is 3.15. The molecule has 1 aromatic rings. The molecule has 0 radical (unpaired) electrons. The fraction of sp³-hybridized carbons (Fsp3) is 0. The number of hydrogen-bond acceptors (Lipinski definition) is 2. The fourth-order valence-electron chi connectivity index (χ4n) is 0.472. The average Bonchev–Trinajstić information content (AvgIpc) is 1.89. The predicted octanol–water partition coefficient (Wildman–Crippen LogP) is 1.77. The smallest absolute Gasteiger partial charge is 0.116 e. The molecule has 1 heterocycles. The molecule has 3 heteroatoms. The van der Waals surface area contributed by atoms with Gasteiger partial charge in [-0.25, -0.2) is 9.97 Å². The van der Waals surface area contributed by atoms with Gasteiger partial charge in [-0.1, -0.05) is 18.2 Å². The van der Waals surface area contributed by atoms with Gasteiger partial charge in [0, 0.05) is 6.20 Å². The largest absolute Gasteiger partial charge is 0.243 e. The molecule has 0 saturated carbocycles. The van der Waals surface area contributed by atoms with E-state index in [1.54, 1.807) is 6.08 Å². The summed E-state index contributed by atoms with van der Waals surface area (Å²) in [5.41, 5.74) is 0.673. The maximum Gasteiger partial charge on any atom is 0.116 e. The highest BCUT2D eigenvalue weighted by molar-refractivity contribution is 6.31. The second kappa shape index (κ2) is 2.60. The summed E-state index contributed by atoms with van der Waals surface area (Å²) in [5.74, 6) is 0. The first-order valence-corrected chi connectivity index (χ1v) is 2.80. The third-order valence-corrected chi connectivity index (χ3v) is 1.18. The van der Waals surface area contributed by atoms with Crippen LogP contribution in [0.25, 0.3) is 6.08 Å². The molecule has 0 aliphatic carbocycles. The second-order valence-electron chi connectivity index (χ2n) is 1.46. The molecule has 0 fully saturated rings. The molecule has 0 aliphatic rings. The van der Waals surface area contributed by atoms with E-state index in [0.29, 0.717) is 10.7 Å². The minimum Gasteiger partial charge on any atom is -0.243 e. The molecule has 0 bridgehead atoms. The van der Waals surface area contributed by atoms with Crippen LogP contribution in [0, 0.1) is 0 Å². The molecule has 46 valence electrons. The Kier molecular flexibility index (Phi) is 1.80. The Bertz CT molecular complexity index is 222. The minimum absolute atomic E-state index is 0.535. The highest BCUT2D eigenvalue weighted by Crippen LogP contribution is 2.10. The number of nitrogens with zero attached hydrogens (tertiary/aromatic N) is 2. The molecule has 0 aromatic carbocycles. The zero-order chi connectivity index (χ0) is 6.69. The van der Waals surface area contributed by atoms with Crippen molar-refractivity contribution < 1.29 is 0 Å². The Morgan fingerprint density at radius 2 is 2.44 bits per heavy atom. The number of rotatable bonds is 1. The summed E-state index contributed by atoms with van der Waals surface area (Å²) in [4.78, 5) is 7.54. The highest BCUT2D eigenvalue weighted by Gasteiger charge is 1.92. The molecule has 1 rings (SSSR count). The van der Waals surface area contributed by atoms with E-state index in [1.807, 2.05) is 0 Å². The first-order valence-electron chi connectivity index (χ1n) is 2.42. The van der Waals surface area contributed by atoms with E-state index >= 15 is 0 Å². The van der Waals surface area contributed by atoms with E-state index in [9.17, 15) is 0 Å². The van der Waals surface area contributed by atoms with Crippen LogP contribution in [0.3, 0.4) is 0 Å². The van der Waals surface area contributed by atoms with Crippen LogP contribution in [-0.2, 0) is 0 Å². The third kappa shape index (κ3) is 1.27. The quantitative estimate of drug-likeness (QED) is 0.594. The van der Waals surface area contributed by atoms with Crippen LogP contribution in [-0.4, -0.2) is 9.97 Å². The van der Waals surface area contributed by atoms with E-state index in [-0.39, 0.29) is 0 Å². The predicted molar refractivity (Wildman–Crippen MR) is 37.1 cm³/mol. The van der Waals surface area contributed by atoms with Crippen LogP contribution >= 0.6 is 11.6 Å². The van der Waals surface area contributed by atoms with Gasteiger partial charge >= 0.3 is 0 Å². The Morgan fingerprint density at radius 3 is 2.89 bits per heavy atom. The van der Waals surface area contributed by atoms with Gasteiger partial charge in [0.15, 0.2) is 0 Å². The number of halogens is 1. The Hall–Kier alpha value is -0.890. The van der Waals surface area contributed by atoms with Gasteiger partial charge in [0.25, 0.3) is 0 Å². The lowest BCUT2D eigenvalue weighted by molar-refractivity contribution is 1.15. The van der Waals surface area contributed by atoms with Gasteiger partial charge in [0.05, 0.1) is 10.7 Å². The molecule has 2 nitrogen and oxygen atoms in total. The van der Waals surface area contributed by atoms with Gasteiger partial charge in [0.2, 0.25) is 0 Å². The molecular weight excluding hydrogens is 136 g/mol. The molecule has 0 saturated heterocycles. The van der Waals surface area contributed by atoms with Crippen LogP contribution in [0.2, 0.25) is 5.02 Å². The topological polar surface area (TPSA) is 25.8 Å². The second-order valence-corrected chi connectivity index (χ2v) is 1.87. The first-order chi connectivity index (χ1) is 4.34. The Morgan fingerprint density at radius 1 is 1.67 bits per heavy atom. The maximum absolute atomic E-state index is 5.63. The van der Waals surface area contributed by atoms with Crippen LogP contribution in [0.15, 0.2) is 19.1 Å². The van der Waals surface area contributed by atoms with Gasteiger partial charge in [0.1, 0.15) is 6.33 Å². The van der Waals surface area contributed by atoms with Crippen molar-refractivity contribution >= 4 is 17.7 Å². The van der Waals surface area contributed by atoms with Crippen molar-refractivity contribution in [1.29, 1.82) is 0 Å². The normalized spacial score (nSPS) is 9.00. The van der Waals surface area contributed by atoms with Crippen molar-refractivity contribution in [2.24, 2.45) is 0 Å². The monoisotopic (exact) mass is 140 g/mol. The summed E-state index contributed by atoms with van der Waals surface area (Å²) >= 11 is 5.63. The summed E-state index contributed by atoms with van der Waals surface area (Å²) in [7, 11) is 0.